The molecule has 1 heterocycles. The van der Waals surface area contributed by atoms with Crippen molar-refractivity contribution in [3.05, 3.63) is 32.0 Å². The van der Waals surface area contributed by atoms with Crippen molar-refractivity contribution in [1.29, 1.82) is 0 Å². The van der Waals surface area contributed by atoms with E-state index >= 15 is 0 Å². The van der Waals surface area contributed by atoms with Gasteiger partial charge in [0, 0.05) is 24.7 Å². The third kappa shape index (κ3) is 2.47. The van der Waals surface area contributed by atoms with Crippen LogP contribution in [0.5, 0.6) is 0 Å². The molecule has 0 aromatic heterocycles. The van der Waals surface area contributed by atoms with Crippen molar-refractivity contribution in [2.75, 3.05) is 18.0 Å². The van der Waals surface area contributed by atoms with Gasteiger partial charge in [-0.2, -0.15) is 0 Å². The summed E-state index contributed by atoms with van der Waals surface area (Å²) in [6.45, 7) is 1.97. The van der Waals surface area contributed by atoms with Gasteiger partial charge in [-0.1, -0.05) is 0 Å². The van der Waals surface area contributed by atoms with E-state index in [2.05, 4.69) is 15.9 Å². The minimum Gasteiger partial charge on any atom is -0.481 e. The van der Waals surface area contributed by atoms with Crippen LogP contribution in [0.2, 0.25) is 0 Å². The number of aliphatic carboxylic acids is 1. The fourth-order valence-electron chi connectivity index (χ4n) is 2.38. The SMILES string of the molecule is Cc1c(Br)c(F)cc(N2CC[C@H](C(=O)O)C2)c1[N+](=O)[O-]. The monoisotopic (exact) mass is 346 g/mol. The minimum atomic E-state index is -0.940. The fourth-order valence-corrected chi connectivity index (χ4v) is 2.68. The Morgan fingerprint density at radius 2 is 2.30 bits per heavy atom. The van der Waals surface area contributed by atoms with Crippen molar-refractivity contribution in [2.24, 2.45) is 5.92 Å². The number of nitrogens with zero attached hydrogens (tertiary/aromatic N) is 2. The molecule has 1 N–H and O–H groups in total. The van der Waals surface area contributed by atoms with Crippen LogP contribution in [0.4, 0.5) is 15.8 Å². The summed E-state index contributed by atoms with van der Waals surface area (Å²) in [5.74, 6) is -2.12. The number of benzene rings is 1. The van der Waals surface area contributed by atoms with E-state index in [9.17, 15) is 19.3 Å². The van der Waals surface area contributed by atoms with Gasteiger partial charge in [-0.15, -0.1) is 0 Å². The van der Waals surface area contributed by atoms with Crippen LogP contribution in [0, 0.1) is 28.8 Å². The number of hydrogen-bond acceptors (Lipinski definition) is 4. The Kier molecular flexibility index (Phi) is 3.94. The second-order valence-electron chi connectivity index (χ2n) is 4.69. The highest BCUT2D eigenvalue weighted by molar-refractivity contribution is 9.10. The van der Waals surface area contributed by atoms with E-state index in [1.165, 1.54) is 6.92 Å². The maximum absolute atomic E-state index is 13.8. The van der Waals surface area contributed by atoms with Gasteiger partial charge in [-0.25, -0.2) is 4.39 Å². The van der Waals surface area contributed by atoms with Crippen molar-refractivity contribution < 1.29 is 19.2 Å². The molecule has 0 saturated carbocycles. The van der Waals surface area contributed by atoms with E-state index in [4.69, 9.17) is 5.11 Å². The normalized spacial score (nSPS) is 18.4. The Morgan fingerprint density at radius 1 is 1.65 bits per heavy atom. The molecular formula is C12H12BrFN2O4. The van der Waals surface area contributed by atoms with Gasteiger partial charge in [-0.3, -0.25) is 14.9 Å². The van der Waals surface area contributed by atoms with Gasteiger partial charge < -0.3 is 10.0 Å². The molecule has 1 aliphatic heterocycles. The second kappa shape index (κ2) is 5.35. The number of anilines is 1. The largest absolute Gasteiger partial charge is 0.481 e. The van der Waals surface area contributed by atoms with Gasteiger partial charge in [-0.05, 0) is 29.3 Å². The highest BCUT2D eigenvalue weighted by Gasteiger charge is 2.33. The first-order chi connectivity index (χ1) is 9.32. The summed E-state index contributed by atoms with van der Waals surface area (Å²) in [6.07, 6.45) is 0.392. The van der Waals surface area contributed by atoms with Crippen LogP contribution in [-0.2, 0) is 4.79 Å². The summed E-state index contributed by atoms with van der Waals surface area (Å²) in [6, 6.07) is 1.08. The quantitative estimate of drug-likeness (QED) is 0.671. The van der Waals surface area contributed by atoms with Crippen molar-refractivity contribution >= 4 is 33.3 Å². The van der Waals surface area contributed by atoms with Crippen molar-refractivity contribution in [3.63, 3.8) is 0 Å². The molecule has 1 aromatic rings. The molecule has 0 bridgehead atoms. The molecule has 2 rings (SSSR count). The number of nitro benzene ring substituents is 1. The predicted octanol–water partition coefficient (Wildman–Crippen LogP) is 2.72. The van der Waals surface area contributed by atoms with E-state index in [0.717, 1.165) is 6.07 Å². The number of hydrogen-bond donors (Lipinski definition) is 1. The lowest BCUT2D eigenvalue weighted by Crippen LogP contribution is -2.24. The first kappa shape index (κ1) is 14.7. The van der Waals surface area contributed by atoms with Crippen LogP contribution in [0.3, 0.4) is 0 Å². The smallest absolute Gasteiger partial charge is 0.308 e. The van der Waals surface area contributed by atoms with Crippen molar-refractivity contribution in [2.45, 2.75) is 13.3 Å². The van der Waals surface area contributed by atoms with Crippen LogP contribution >= 0.6 is 15.9 Å². The predicted molar refractivity (Wildman–Crippen MR) is 73.4 cm³/mol. The number of nitro groups is 1. The van der Waals surface area contributed by atoms with E-state index in [-0.39, 0.29) is 28.0 Å². The maximum Gasteiger partial charge on any atom is 0.308 e. The van der Waals surface area contributed by atoms with Crippen LogP contribution in [0.15, 0.2) is 10.5 Å². The summed E-state index contributed by atoms with van der Waals surface area (Å²) in [4.78, 5) is 23.1. The first-order valence-electron chi connectivity index (χ1n) is 5.93. The highest BCUT2D eigenvalue weighted by Crippen LogP contribution is 2.39. The minimum absolute atomic E-state index is 0.0573. The average Bonchev–Trinajstić information content (AvgIpc) is 2.84. The first-order valence-corrected chi connectivity index (χ1v) is 6.73. The third-order valence-electron chi connectivity index (χ3n) is 3.46. The molecule has 0 spiro atoms. The molecule has 0 amide bonds. The van der Waals surface area contributed by atoms with Gasteiger partial charge in [0.1, 0.15) is 11.5 Å². The third-order valence-corrected chi connectivity index (χ3v) is 4.43. The molecule has 1 aliphatic rings. The summed E-state index contributed by atoms with van der Waals surface area (Å²) >= 11 is 2.98. The molecule has 1 fully saturated rings. The Labute approximate surface area is 122 Å². The Hall–Kier alpha value is -1.70. The lowest BCUT2D eigenvalue weighted by Gasteiger charge is -2.19. The van der Waals surface area contributed by atoms with E-state index in [1.54, 1.807) is 4.90 Å². The van der Waals surface area contributed by atoms with Crippen molar-refractivity contribution in [1.82, 2.24) is 0 Å². The molecule has 8 heteroatoms. The second-order valence-corrected chi connectivity index (χ2v) is 5.49. The topological polar surface area (TPSA) is 83.7 Å². The van der Waals surface area contributed by atoms with Crippen LogP contribution in [0.1, 0.15) is 12.0 Å². The molecule has 0 aliphatic carbocycles. The van der Waals surface area contributed by atoms with Crippen LogP contribution < -0.4 is 4.90 Å². The maximum atomic E-state index is 13.8. The molecular weight excluding hydrogens is 335 g/mol. The number of rotatable bonds is 3. The summed E-state index contributed by atoms with van der Waals surface area (Å²) < 4.78 is 13.8. The molecule has 20 heavy (non-hydrogen) atoms. The molecule has 1 aromatic carbocycles. The summed E-state index contributed by atoms with van der Waals surface area (Å²) in [5, 5.41) is 20.2. The Bertz CT molecular complexity index is 593. The Balaban J connectivity index is 2.47. The van der Waals surface area contributed by atoms with Gasteiger partial charge >= 0.3 is 5.97 Å². The Morgan fingerprint density at radius 3 is 2.80 bits per heavy atom. The van der Waals surface area contributed by atoms with Crippen LogP contribution in [-0.4, -0.2) is 29.1 Å². The number of halogens is 2. The van der Waals surface area contributed by atoms with E-state index in [1.807, 2.05) is 0 Å². The summed E-state index contributed by atoms with van der Waals surface area (Å²) in [5.41, 5.74) is 0.144. The molecule has 0 radical (unpaired) electrons. The molecule has 1 saturated heterocycles. The number of carboxylic acids is 1. The van der Waals surface area contributed by atoms with Gasteiger partial charge in [0.05, 0.1) is 15.3 Å². The zero-order valence-electron chi connectivity index (χ0n) is 10.6. The molecule has 6 nitrogen and oxygen atoms in total. The molecule has 1 atom stereocenters. The van der Waals surface area contributed by atoms with Crippen LogP contribution in [0.25, 0.3) is 0 Å². The van der Waals surface area contributed by atoms with E-state index in [0.29, 0.717) is 13.0 Å². The van der Waals surface area contributed by atoms with E-state index < -0.39 is 22.6 Å². The standard InChI is InChI=1S/C12H12BrFN2O4/c1-6-10(13)8(14)4-9(11(6)16(19)20)15-3-2-7(5-15)12(17)18/h4,7H,2-3,5H2,1H3,(H,17,18)/t7-/m0/s1. The summed E-state index contributed by atoms with van der Waals surface area (Å²) in [7, 11) is 0. The lowest BCUT2D eigenvalue weighted by molar-refractivity contribution is -0.384. The fraction of sp³-hybridized carbons (Fsp3) is 0.417. The molecule has 0 unspecified atom stereocenters. The molecule has 108 valence electrons. The lowest BCUT2D eigenvalue weighted by atomic mass is 10.1. The zero-order chi connectivity index (χ0) is 15.0. The zero-order valence-corrected chi connectivity index (χ0v) is 12.2. The number of carboxylic acid groups (broad SMARTS) is 1. The van der Waals surface area contributed by atoms with Crippen molar-refractivity contribution in [3.8, 4) is 0 Å². The van der Waals surface area contributed by atoms with Gasteiger partial charge in [0.15, 0.2) is 0 Å². The van der Waals surface area contributed by atoms with Gasteiger partial charge in [0.2, 0.25) is 0 Å². The highest BCUT2D eigenvalue weighted by atomic mass is 79.9. The number of carbonyl (C=O) groups is 1. The average molecular weight is 347 g/mol. The van der Waals surface area contributed by atoms with Gasteiger partial charge in [0.25, 0.3) is 5.69 Å².